The second kappa shape index (κ2) is 4.71. The highest BCUT2D eigenvalue weighted by Crippen LogP contribution is 2.28. The predicted molar refractivity (Wildman–Crippen MR) is 66.7 cm³/mol. The van der Waals surface area contributed by atoms with Crippen LogP contribution in [0.1, 0.15) is 26.5 Å². The summed E-state index contributed by atoms with van der Waals surface area (Å²) in [5, 5.41) is 16.1. The van der Waals surface area contributed by atoms with Crippen molar-refractivity contribution in [3.8, 4) is 5.40 Å². The molecule has 1 aliphatic heterocycles. The van der Waals surface area contributed by atoms with Crippen LogP contribution in [0.25, 0.3) is 0 Å². The summed E-state index contributed by atoms with van der Waals surface area (Å²) in [4.78, 5) is 0. The van der Waals surface area contributed by atoms with Crippen molar-refractivity contribution in [2.24, 2.45) is 5.92 Å². The van der Waals surface area contributed by atoms with Crippen LogP contribution in [-0.2, 0) is 16.7 Å². The zero-order valence-electron chi connectivity index (χ0n) is 10.4. The van der Waals surface area contributed by atoms with Crippen LogP contribution in [0.5, 0.6) is 0 Å². The number of hydrogen-bond acceptors (Lipinski definition) is 4. The van der Waals surface area contributed by atoms with E-state index in [1.165, 1.54) is 5.69 Å². The normalized spacial score (nSPS) is 16.6. The maximum absolute atomic E-state index is 8.71. The zero-order chi connectivity index (χ0) is 12.5. The standard InChI is InChI=1S/C12H17N3OS/c1-12(2,3)10-4-11(17-8-13)14-15(10)5-9-6-16-7-9/h4,9H,5-7H2,1-3H3. The Morgan fingerprint density at radius 2 is 2.29 bits per heavy atom. The van der Waals surface area contributed by atoms with Gasteiger partial charge in [0, 0.05) is 35.3 Å². The average molecular weight is 251 g/mol. The molecule has 0 spiro atoms. The number of ether oxygens (including phenoxy) is 1. The highest BCUT2D eigenvalue weighted by molar-refractivity contribution is 8.03. The Balaban J connectivity index is 2.24. The van der Waals surface area contributed by atoms with E-state index in [0.717, 1.165) is 36.5 Å². The van der Waals surface area contributed by atoms with E-state index in [2.05, 4.69) is 31.3 Å². The van der Waals surface area contributed by atoms with E-state index in [4.69, 9.17) is 10.00 Å². The summed E-state index contributed by atoms with van der Waals surface area (Å²) >= 11 is 1.12. The molecule has 1 fully saturated rings. The van der Waals surface area contributed by atoms with E-state index in [9.17, 15) is 0 Å². The van der Waals surface area contributed by atoms with Gasteiger partial charge in [0.1, 0.15) is 10.4 Å². The van der Waals surface area contributed by atoms with Gasteiger partial charge in [-0.05, 0) is 6.07 Å². The zero-order valence-corrected chi connectivity index (χ0v) is 11.3. The SMILES string of the molecule is CC(C)(C)c1cc(SC#N)nn1CC1COC1. The molecule has 0 atom stereocenters. The minimum absolute atomic E-state index is 0.0475. The van der Waals surface area contributed by atoms with Crippen molar-refractivity contribution in [1.29, 1.82) is 5.26 Å². The van der Waals surface area contributed by atoms with E-state index in [1.54, 1.807) is 0 Å². The third kappa shape index (κ3) is 2.82. The van der Waals surface area contributed by atoms with Crippen LogP contribution in [0.15, 0.2) is 11.1 Å². The maximum Gasteiger partial charge on any atom is 0.140 e. The lowest BCUT2D eigenvalue weighted by Crippen LogP contribution is -2.33. The summed E-state index contributed by atoms with van der Waals surface area (Å²) in [6.45, 7) is 9.03. The van der Waals surface area contributed by atoms with Gasteiger partial charge in [0.25, 0.3) is 0 Å². The third-order valence-electron chi connectivity index (χ3n) is 2.81. The van der Waals surface area contributed by atoms with Crippen molar-refractivity contribution >= 4 is 11.8 Å². The van der Waals surface area contributed by atoms with Crippen molar-refractivity contribution < 1.29 is 4.74 Å². The molecule has 1 aromatic rings. The van der Waals surface area contributed by atoms with E-state index in [0.29, 0.717) is 5.92 Å². The number of nitriles is 1. The van der Waals surface area contributed by atoms with Crippen LogP contribution in [0.2, 0.25) is 0 Å². The number of aromatic nitrogens is 2. The molecule has 1 aromatic heterocycles. The van der Waals surface area contributed by atoms with Crippen molar-refractivity contribution in [3.63, 3.8) is 0 Å². The first-order valence-corrected chi connectivity index (χ1v) is 6.54. The van der Waals surface area contributed by atoms with Gasteiger partial charge in [-0.25, -0.2) is 0 Å². The summed E-state index contributed by atoms with van der Waals surface area (Å²) in [6.07, 6.45) is 0. The van der Waals surface area contributed by atoms with Gasteiger partial charge < -0.3 is 4.74 Å². The first-order chi connectivity index (χ1) is 8.00. The largest absolute Gasteiger partial charge is 0.381 e. The van der Waals surface area contributed by atoms with E-state index in [1.807, 2.05) is 10.7 Å². The molecule has 92 valence electrons. The van der Waals surface area contributed by atoms with Crippen LogP contribution in [-0.4, -0.2) is 23.0 Å². The monoisotopic (exact) mass is 251 g/mol. The number of nitrogens with zero attached hydrogens (tertiary/aromatic N) is 3. The van der Waals surface area contributed by atoms with Gasteiger partial charge in [-0.3, -0.25) is 4.68 Å². The van der Waals surface area contributed by atoms with Gasteiger partial charge in [0.15, 0.2) is 0 Å². The van der Waals surface area contributed by atoms with Gasteiger partial charge >= 0.3 is 0 Å². The lowest BCUT2D eigenvalue weighted by molar-refractivity contribution is -0.0415. The van der Waals surface area contributed by atoms with Gasteiger partial charge in [-0.1, -0.05) is 20.8 Å². The molecule has 2 heterocycles. The molecule has 4 nitrogen and oxygen atoms in total. The topological polar surface area (TPSA) is 50.8 Å². The maximum atomic E-state index is 8.71. The molecule has 0 amide bonds. The quantitative estimate of drug-likeness (QED) is 0.611. The second-order valence-electron chi connectivity index (χ2n) is 5.40. The van der Waals surface area contributed by atoms with E-state index < -0.39 is 0 Å². The number of thioether (sulfide) groups is 1. The van der Waals surface area contributed by atoms with Gasteiger partial charge in [0.05, 0.1) is 13.2 Å². The molecule has 0 aliphatic carbocycles. The Kier molecular flexibility index (Phi) is 3.45. The van der Waals surface area contributed by atoms with Gasteiger partial charge in [-0.15, -0.1) is 0 Å². The Morgan fingerprint density at radius 1 is 1.59 bits per heavy atom. The number of rotatable bonds is 3. The van der Waals surface area contributed by atoms with Crippen LogP contribution >= 0.6 is 11.8 Å². The molecular formula is C12H17N3OS. The third-order valence-corrected chi connectivity index (χ3v) is 3.31. The van der Waals surface area contributed by atoms with E-state index in [-0.39, 0.29) is 5.41 Å². The molecule has 1 saturated heterocycles. The summed E-state index contributed by atoms with van der Waals surface area (Å²) < 4.78 is 7.22. The molecule has 17 heavy (non-hydrogen) atoms. The fraction of sp³-hybridized carbons (Fsp3) is 0.667. The fourth-order valence-electron chi connectivity index (χ4n) is 1.87. The number of hydrogen-bond donors (Lipinski definition) is 0. The first-order valence-electron chi connectivity index (χ1n) is 5.72. The molecular weight excluding hydrogens is 234 g/mol. The van der Waals surface area contributed by atoms with Crippen molar-refractivity contribution in [2.75, 3.05) is 13.2 Å². The fourth-order valence-corrected chi connectivity index (χ4v) is 2.27. The van der Waals surface area contributed by atoms with Gasteiger partial charge in [-0.2, -0.15) is 10.4 Å². The van der Waals surface area contributed by atoms with Crippen LogP contribution in [0.3, 0.4) is 0 Å². The lowest BCUT2D eigenvalue weighted by atomic mass is 9.92. The molecule has 5 heteroatoms. The summed E-state index contributed by atoms with van der Waals surface area (Å²) in [5.41, 5.74) is 1.23. The minimum Gasteiger partial charge on any atom is -0.381 e. The van der Waals surface area contributed by atoms with Crippen LogP contribution in [0, 0.1) is 16.6 Å². The van der Waals surface area contributed by atoms with Crippen LogP contribution in [0.4, 0.5) is 0 Å². The summed E-state index contributed by atoms with van der Waals surface area (Å²) in [6, 6.07) is 2.02. The Morgan fingerprint density at radius 3 is 2.76 bits per heavy atom. The molecule has 0 aromatic carbocycles. The summed E-state index contributed by atoms with van der Waals surface area (Å²) in [7, 11) is 0. The second-order valence-corrected chi connectivity index (χ2v) is 6.20. The Hall–Kier alpha value is -0.990. The van der Waals surface area contributed by atoms with Crippen molar-refractivity contribution in [2.45, 2.75) is 37.8 Å². The molecule has 0 radical (unpaired) electrons. The predicted octanol–water partition coefficient (Wildman–Crippen LogP) is 2.40. The molecule has 0 unspecified atom stereocenters. The Labute approximate surface area is 106 Å². The smallest absolute Gasteiger partial charge is 0.140 e. The average Bonchev–Trinajstić information content (AvgIpc) is 2.55. The van der Waals surface area contributed by atoms with Crippen LogP contribution < -0.4 is 0 Å². The molecule has 0 N–H and O–H groups in total. The van der Waals surface area contributed by atoms with Crippen molar-refractivity contribution in [3.05, 3.63) is 11.8 Å². The highest BCUT2D eigenvalue weighted by atomic mass is 32.2. The summed E-state index contributed by atoms with van der Waals surface area (Å²) in [5.74, 6) is 0.566. The molecule has 1 aliphatic rings. The molecule has 0 bridgehead atoms. The van der Waals surface area contributed by atoms with Crippen molar-refractivity contribution in [1.82, 2.24) is 9.78 Å². The first kappa shape index (κ1) is 12.5. The number of thiocyanates is 1. The highest BCUT2D eigenvalue weighted by Gasteiger charge is 2.25. The lowest BCUT2D eigenvalue weighted by Gasteiger charge is -2.28. The van der Waals surface area contributed by atoms with E-state index >= 15 is 0 Å². The minimum atomic E-state index is 0.0475. The van der Waals surface area contributed by atoms with Gasteiger partial charge in [0.2, 0.25) is 0 Å². The molecule has 2 rings (SSSR count). The molecule has 0 saturated carbocycles. The Bertz CT molecular complexity index is 438.